The van der Waals surface area contributed by atoms with Crippen molar-refractivity contribution in [2.24, 2.45) is 0 Å². The fraction of sp³-hybridized carbons (Fsp3) is 0.455. The maximum atomic E-state index is 13.4. The fourth-order valence-corrected chi connectivity index (χ4v) is 12.0. The van der Waals surface area contributed by atoms with E-state index in [0.29, 0.717) is 23.0 Å². The largest absolute Gasteiger partial charge is 0.497 e. The highest BCUT2D eigenvalue weighted by molar-refractivity contribution is 8.76. The first-order valence-electron chi connectivity index (χ1n) is 19.7. The van der Waals surface area contributed by atoms with E-state index < -0.39 is 49.9 Å². The molecule has 2 aliphatic heterocycles. The summed E-state index contributed by atoms with van der Waals surface area (Å²) in [5, 5.41) is 0. The molecule has 16 heteroatoms. The summed E-state index contributed by atoms with van der Waals surface area (Å²) in [5.41, 5.74) is 0.136. The number of aromatic nitrogens is 2. The number of ether oxygens (including phenoxy) is 6. The molecule has 0 amide bonds. The molecule has 0 bridgehead atoms. The summed E-state index contributed by atoms with van der Waals surface area (Å²) in [6.45, 7) is 8.51. The fourth-order valence-electron chi connectivity index (χ4n) is 7.53. The van der Waals surface area contributed by atoms with Gasteiger partial charge in [0.1, 0.15) is 48.1 Å². The normalized spacial score (nSPS) is 22.6. The van der Waals surface area contributed by atoms with Gasteiger partial charge < -0.3 is 37.5 Å². The standard InChI is InChI=1S/C44H54N3O10PS2/c1-9-25-53-37-27-59-60-28-38(37)56-58(47(29(2)3)30(4)5)57-40-36(55-42(41(40)52-8)46-24-23-39(48)45-43(46)49)26-54-44(31-13-11-10-12-14-31,32-15-19-34(50-6)20-16-32)33-17-21-35(51-7)22-18-33/h1,10-24,29-30,36-38,40-42H,25-28H2,2-8H3,(H,45,48,49)/t36-,37-,38?,40-,41-,42-,58?/m1/s1. The molecule has 4 aromatic rings. The molecule has 0 aliphatic carbocycles. The third-order valence-corrected chi connectivity index (χ3v) is 14.9. The van der Waals surface area contributed by atoms with Crippen molar-refractivity contribution in [3.05, 3.63) is 129 Å². The second-order valence-electron chi connectivity index (χ2n) is 14.7. The Morgan fingerprint density at radius 2 is 1.42 bits per heavy atom. The van der Waals surface area contributed by atoms with Crippen LogP contribution in [-0.2, 0) is 33.6 Å². The number of H-pyrrole nitrogens is 1. The van der Waals surface area contributed by atoms with E-state index in [-0.39, 0.29) is 37.5 Å². The third kappa shape index (κ3) is 10.3. The molecule has 0 radical (unpaired) electrons. The Morgan fingerprint density at radius 3 is 1.95 bits per heavy atom. The van der Waals surface area contributed by atoms with Gasteiger partial charge in [-0.3, -0.25) is 14.3 Å². The molecule has 1 N–H and O–H groups in total. The first-order valence-corrected chi connectivity index (χ1v) is 23.4. The highest BCUT2D eigenvalue weighted by Crippen LogP contribution is 2.53. The van der Waals surface area contributed by atoms with Gasteiger partial charge in [0.15, 0.2) is 6.23 Å². The quantitative estimate of drug-likeness (QED) is 0.0449. The van der Waals surface area contributed by atoms with E-state index in [9.17, 15) is 9.59 Å². The van der Waals surface area contributed by atoms with Crippen LogP contribution in [0.2, 0.25) is 0 Å². The second kappa shape index (κ2) is 21.4. The Balaban J connectivity index is 1.46. The molecule has 13 nitrogen and oxygen atoms in total. The van der Waals surface area contributed by atoms with Crippen LogP contribution in [0.1, 0.15) is 50.6 Å². The number of nitrogens with zero attached hydrogens (tertiary/aromatic N) is 2. The molecule has 60 heavy (non-hydrogen) atoms. The van der Waals surface area contributed by atoms with Gasteiger partial charge in [-0.1, -0.05) is 82.1 Å². The summed E-state index contributed by atoms with van der Waals surface area (Å²) in [7, 11) is 6.40. The number of rotatable bonds is 19. The van der Waals surface area contributed by atoms with Crippen molar-refractivity contribution in [3.8, 4) is 23.8 Å². The van der Waals surface area contributed by atoms with Crippen molar-refractivity contribution in [1.82, 2.24) is 14.2 Å². The zero-order valence-corrected chi connectivity index (χ0v) is 37.5. The molecule has 1 aromatic heterocycles. The van der Waals surface area contributed by atoms with Crippen LogP contribution in [0.5, 0.6) is 11.5 Å². The lowest BCUT2D eigenvalue weighted by atomic mass is 9.80. The van der Waals surface area contributed by atoms with Gasteiger partial charge in [0, 0.05) is 43.0 Å². The van der Waals surface area contributed by atoms with E-state index in [1.807, 2.05) is 78.9 Å². The van der Waals surface area contributed by atoms with Crippen LogP contribution in [-0.4, -0.2) is 103 Å². The predicted octanol–water partition coefficient (Wildman–Crippen LogP) is 7.00. The maximum absolute atomic E-state index is 13.4. The molecule has 2 unspecified atom stereocenters. The number of benzene rings is 3. The lowest BCUT2D eigenvalue weighted by Crippen LogP contribution is -2.44. The molecular formula is C44H54N3O10PS2. The molecule has 3 aromatic carbocycles. The van der Waals surface area contributed by atoms with Gasteiger partial charge in [0.25, 0.3) is 14.1 Å². The minimum Gasteiger partial charge on any atom is -0.497 e. The first kappa shape index (κ1) is 45.9. The van der Waals surface area contributed by atoms with Crippen LogP contribution < -0.4 is 20.7 Å². The van der Waals surface area contributed by atoms with E-state index in [0.717, 1.165) is 16.7 Å². The summed E-state index contributed by atoms with van der Waals surface area (Å²) in [6.07, 6.45) is 2.87. The van der Waals surface area contributed by atoms with Crippen LogP contribution in [0.25, 0.3) is 0 Å². The van der Waals surface area contributed by atoms with Crippen molar-refractivity contribution < 1.29 is 37.5 Å². The lowest BCUT2D eigenvalue weighted by Gasteiger charge is -2.41. The van der Waals surface area contributed by atoms with E-state index in [1.54, 1.807) is 42.9 Å². The Kier molecular flexibility index (Phi) is 16.4. The van der Waals surface area contributed by atoms with Crippen molar-refractivity contribution in [3.63, 3.8) is 0 Å². The smallest absolute Gasteiger partial charge is 0.330 e. The van der Waals surface area contributed by atoms with Crippen molar-refractivity contribution in [2.75, 3.05) is 46.0 Å². The first-order chi connectivity index (χ1) is 29.0. The third-order valence-electron chi connectivity index (χ3n) is 10.3. The van der Waals surface area contributed by atoms with Crippen LogP contribution >= 0.6 is 30.1 Å². The van der Waals surface area contributed by atoms with Gasteiger partial charge in [-0.05, 0) is 68.7 Å². The Bertz CT molecular complexity index is 2060. The van der Waals surface area contributed by atoms with Gasteiger partial charge in [-0.2, -0.15) is 0 Å². The van der Waals surface area contributed by atoms with E-state index in [2.05, 4.69) is 43.3 Å². The number of hydrogen-bond donors (Lipinski definition) is 1. The lowest BCUT2D eigenvalue weighted by molar-refractivity contribution is -0.0961. The van der Waals surface area contributed by atoms with Gasteiger partial charge in [0.05, 0.1) is 26.9 Å². The van der Waals surface area contributed by atoms with Crippen LogP contribution in [0.3, 0.4) is 0 Å². The summed E-state index contributed by atoms with van der Waals surface area (Å²) < 4.78 is 55.4. The van der Waals surface area contributed by atoms with Crippen LogP contribution in [0.4, 0.5) is 0 Å². The minimum absolute atomic E-state index is 0.0123. The van der Waals surface area contributed by atoms with Gasteiger partial charge in [-0.25, -0.2) is 9.46 Å². The summed E-state index contributed by atoms with van der Waals surface area (Å²) in [4.78, 5) is 28.0. The predicted molar refractivity (Wildman–Crippen MR) is 237 cm³/mol. The Labute approximate surface area is 361 Å². The van der Waals surface area contributed by atoms with Crippen LogP contribution in [0, 0.1) is 12.3 Å². The number of terminal acetylenes is 1. The molecule has 322 valence electrons. The SMILES string of the molecule is C#CCO[C@@H]1CSSCC1OP(O[C@H]1[C@@H](OC)[C@H](n2ccc(=O)[nH]c2=O)O[C@@H]1COC(c1ccccc1)(c1ccc(OC)cc1)c1ccc(OC)cc1)N(C(C)C)C(C)C. The molecular weight excluding hydrogens is 826 g/mol. The monoisotopic (exact) mass is 879 g/mol. The molecule has 0 saturated carbocycles. The Hall–Kier alpha value is -3.65. The highest BCUT2D eigenvalue weighted by atomic mass is 33.1. The zero-order valence-electron chi connectivity index (χ0n) is 34.9. The van der Waals surface area contributed by atoms with Gasteiger partial charge >= 0.3 is 5.69 Å². The molecule has 2 fully saturated rings. The second-order valence-corrected chi connectivity index (χ2v) is 18.7. The molecule has 2 saturated heterocycles. The Morgan fingerprint density at radius 1 is 0.833 bits per heavy atom. The highest BCUT2D eigenvalue weighted by Gasteiger charge is 2.52. The van der Waals surface area contributed by atoms with Crippen molar-refractivity contribution in [1.29, 1.82) is 0 Å². The molecule has 7 atom stereocenters. The van der Waals surface area contributed by atoms with E-state index >= 15 is 0 Å². The van der Waals surface area contributed by atoms with E-state index in [4.69, 9.17) is 43.9 Å². The topological polar surface area (TPSA) is 132 Å². The average molecular weight is 880 g/mol. The van der Waals surface area contributed by atoms with E-state index in [1.165, 1.54) is 16.8 Å². The van der Waals surface area contributed by atoms with Gasteiger partial charge in [0.2, 0.25) is 0 Å². The number of nitrogens with one attached hydrogen (secondary N) is 1. The number of hydrogen-bond acceptors (Lipinski definition) is 13. The van der Waals surface area contributed by atoms with Crippen molar-refractivity contribution >= 4 is 30.1 Å². The molecule has 2 aliphatic rings. The number of aromatic amines is 1. The minimum atomic E-state index is -1.83. The molecule has 6 rings (SSSR count). The zero-order chi connectivity index (χ0) is 42.8. The molecule has 0 spiro atoms. The summed E-state index contributed by atoms with van der Waals surface area (Å²) >= 11 is 0. The van der Waals surface area contributed by atoms with Crippen LogP contribution in [0.15, 0.2) is 101 Å². The van der Waals surface area contributed by atoms with Gasteiger partial charge in [-0.15, -0.1) is 6.42 Å². The maximum Gasteiger partial charge on any atom is 0.330 e. The summed E-state index contributed by atoms with van der Waals surface area (Å²) in [5.74, 6) is 5.32. The van der Waals surface area contributed by atoms with Crippen molar-refractivity contribution in [2.45, 2.75) is 82.1 Å². The number of methoxy groups -OCH3 is 3. The summed E-state index contributed by atoms with van der Waals surface area (Å²) in [6, 6.07) is 26.8. The molecule has 3 heterocycles. The average Bonchev–Trinajstić information content (AvgIpc) is 3.60.